The van der Waals surface area contributed by atoms with Crippen LogP contribution in [0, 0.1) is 10.5 Å². The number of halogens is 1. The molecule has 0 aliphatic carbocycles. The van der Waals surface area contributed by atoms with Gasteiger partial charge in [0.2, 0.25) is 0 Å². The molecule has 1 heterocycles. The van der Waals surface area contributed by atoms with Gasteiger partial charge in [-0.3, -0.25) is 9.69 Å². The number of para-hydroxylation sites is 1. The Bertz CT molecular complexity index is 770. The Morgan fingerprint density at radius 3 is 2.65 bits per heavy atom. The van der Waals surface area contributed by atoms with Crippen LogP contribution in [0.25, 0.3) is 0 Å². The van der Waals surface area contributed by atoms with E-state index in [1.807, 2.05) is 43.3 Å². The van der Waals surface area contributed by atoms with Crippen LogP contribution in [0.1, 0.15) is 34.3 Å². The van der Waals surface area contributed by atoms with E-state index in [1.54, 1.807) is 7.11 Å². The number of amides is 1. The number of nitrogens with one attached hydrogen (secondary N) is 1. The van der Waals surface area contributed by atoms with Gasteiger partial charge in [-0.05, 0) is 60.1 Å². The SMILES string of the molecule is COc1ccccc1CN1CCC(NC(=O)c2cccc(C)c2I)CC1. The lowest BCUT2D eigenvalue weighted by Crippen LogP contribution is -2.44. The summed E-state index contributed by atoms with van der Waals surface area (Å²) in [6.07, 6.45) is 1.95. The highest BCUT2D eigenvalue weighted by atomic mass is 127. The molecule has 1 saturated heterocycles. The van der Waals surface area contributed by atoms with Gasteiger partial charge in [0.15, 0.2) is 0 Å². The Morgan fingerprint density at radius 1 is 1.19 bits per heavy atom. The zero-order chi connectivity index (χ0) is 18.5. The van der Waals surface area contributed by atoms with Crippen molar-refractivity contribution in [1.29, 1.82) is 0 Å². The van der Waals surface area contributed by atoms with Gasteiger partial charge in [-0.2, -0.15) is 0 Å². The molecule has 1 N–H and O–H groups in total. The number of methoxy groups -OCH3 is 1. The van der Waals surface area contributed by atoms with Crippen LogP contribution in [-0.4, -0.2) is 37.0 Å². The molecule has 0 saturated carbocycles. The summed E-state index contributed by atoms with van der Waals surface area (Å²) in [5, 5.41) is 3.22. The summed E-state index contributed by atoms with van der Waals surface area (Å²) in [7, 11) is 1.72. The number of hydrogen-bond donors (Lipinski definition) is 1. The number of piperidine rings is 1. The van der Waals surface area contributed by atoms with E-state index in [9.17, 15) is 4.79 Å². The third-order valence-electron chi connectivity index (χ3n) is 4.95. The molecule has 0 spiro atoms. The largest absolute Gasteiger partial charge is 0.496 e. The van der Waals surface area contributed by atoms with Gasteiger partial charge in [0.1, 0.15) is 5.75 Å². The second kappa shape index (κ2) is 8.86. The lowest BCUT2D eigenvalue weighted by atomic mass is 10.0. The first-order valence-corrected chi connectivity index (χ1v) is 10.1. The van der Waals surface area contributed by atoms with E-state index in [2.05, 4.69) is 38.9 Å². The minimum absolute atomic E-state index is 0.0429. The number of rotatable bonds is 5. The number of carbonyl (C=O) groups excluding carboxylic acids is 1. The van der Waals surface area contributed by atoms with E-state index in [0.29, 0.717) is 0 Å². The Labute approximate surface area is 169 Å². The van der Waals surface area contributed by atoms with Gasteiger partial charge in [-0.15, -0.1) is 0 Å². The smallest absolute Gasteiger partial charge is 0.252 e. The Hall–Kier alpha value is -1.60. The Morgan fingerprint density at radius 2 is 1.92 bits per heavy atom. The lowest BCUT2D eigenvalue weighted by Gasteiger charge is -2.32. The highest BCUT2D eigenvalue weighted by Crippen LogP contribution is 2.22. The third kappa shape index (κ3) is 4.57. The predicted molar refractivity (Wildman–Crippen MR) is 113 cm³/mol. The maximum absolute atomic E-state index is 12.6. The predicted octanol–water partition coefficient (Wildman–Crippen LogP) is 4.00. The zero-order valence-corrected chi connectivity index (χ0v) is 17.5. The molecular weight excluding hydrogens is 439 g/mol. The highest BCUT2D eigenvalue weighted by Gasteiger charge is 2.22. The first-order chi connectivity index (χ1) is 12.6. The molecule has 3 rings (SSSR count). The van der Waals surface area contributed by atoms with E-state index in [4.69, 9.17) is 4.74 Å². The number of ether oxygens (including phenoxy) is 1. The number of benzene rings is 2. The fourth-order valence-corrected chi connectivity index (χ4v) is 4.00. The van der Waals surface area contributed by atoms with Gasteiger partial charge in [0, 0.05) is 34.8 Å². The van der Waals surface area contributed by atoms with Gasteiger partial charge in [-0.25, -0.2) is 0 Å². The van der Waals surface area contributed by atoms with Gasteiger partial charge in [0.05, 0.1) is 12.7 Å². The van der Waals surface area contributed by atoms with Gasteiger partial charge in [0.25, 0.3) is 5.91 Å². The van der Waals surface area contributed by atoms with Crippen molar-refractivity contribution in [2.24, 2.45) is 0 Å². The molecule has 1 fully saturated rings. The molecule has 4 nitrogen and oxygen atoms in total. The van der Waals surface area contributed by atoms with Crippen molar-refractivity contribution in [3.8, 4) is 5.75 Å². The number of hydrogen-bond acceptors (Lipinski definition) is 3. The molecule has 0 bridgehead atoms. The van der Waals surface area contributed by atoms with E-state index in [0.717, 1.165) is 52.9 Å². The van der Waals surface area contributed by atoms with Gasteiger partial charge in [-0.1, -0.05) is 30.3 Å². The summed E-state index contributed by atoms with van der Waals surface area (Å²) in [4.78, 5) is 15.0. The molecular formula is C21H25IN2O2. The van der Waals surface area contributed by atoms with Crippen molar-refractivity contribution in [3.63, 3.8) is 0 Å². The van der Waals surface area contributed by atoms with Gasteiger partial charge >= 0.3 is 0 Å². The highest BCUT2D eigenvalue weighted by molar-refractivity contribution is 14.1. The van der Waals surface area contributed by atoms with Crippen LogP contribution in [0.3, 0.4) is 0 Å². The van der Waals surface area contributed by atoms with Crippen molar-refractivity contribution < 1.29 is 9.53 Å². The summed E-state index contributed by atoms with van der Waals surface area (Å²) in [5.41, 5.74) is 3.14. The van der Waals surface area contributed by atoms with Crippen LogP contribution in [0.4, 0.5) is 0 Å². The first kappa shape index (κ1) is 19.2. The normalized spacial score (nSPS) is 15.7. The minimum atomic E-state index is 0.0429. The van der Waals surface area contributed by atoms with Crippen molar-refractivity contribution in [2.45, 2.75) is 32.4 Å². The Balaban J connectivity index is 1.54. The monoisotopic (exact) mass is 464 g/mol. The molecule has 0 aromatic heterocycles. The van der Waals surface area contributed by atoms with Crippen LogP contribution in [0.2, 0.25) is 0 Å². The van der Waals surface area contributed by atoms with Crippen molar-refractivity contribution in [2.75, 3.05) is 20.2 Å². The first-order valence-electron chi connectivity index (χ1n) is 8.98. The van der Waals surface area contributed by atoms with Gasteiger partial charge < -0.3 is 10.1 Å². The van der Waals surface area contributed by atoms with Crippen LogP contribution in [0.15, 0.2) is 42.5 Å². The minimum Gasteiger partial charge on any atom is -0.496 e. The zero-order valence-electron chi connectivity index (χ0n) is 15.3. The molecule has 0 radical (unpaired) electrons. The van der Waals surface area contributed by atoms with E-state index in [1.165, 1.54) is 5.56 Å². The summed E-state index contributed by atoms with van der Waals surface area (Å²) in [5.74, 6) is 0.984. The molecule has 1 aliphatic heterocycles. The average molecular weight is 464 g/mol. The quantitative estimate of drug-likeness (QED) is 0.681. The summed E-state index contributed by atoms with van der Waals surface area (Å²) in [6, 6.07) is 14.3. The number of nitrogens with zero attached hydrogens (tertiary/aromatic N) is 1. The Kier molecular flexibility index (Phi) is 6.53. The summed E-state index contributed by atoms with van der Waals surface area (Å²) >= 11 is 2.26. The van der Waals surface area contributed by atoms with Crippen LogP contribution < -0.4 is 10.1 Å². The molecule has 1 amide bonds. The standard InChI is InChI=1S/C21H25IN2O2/c1-15-6-5-8-18(20(15)22)21(25)23-17-10-12-24(13-11-17)14-16-7-3-4-9-19(16)26-2/h3-9,17H,10-14H2,1-2H3,(H,23,25). The maximum Gasteiger partial charge on any atom is 0.252 e. The third-order valence-corrected chi connectivity index (χ3v) is 6.38. The molecule has 2 aromatic carbocycles. The van der Waals surface area contributed by atoms with Crippen LogP contribution >= 0.6 is 22.6 Å². The summed E-state index contributed by atoms with van der Waals surface area (Å²) < 4.78 is 6.48. The second-order valence-electron chi connectivity index (χ2n) is 6.77. The van der Waals surface area contributed by atoms with E-state index in [-0.39, 0.29) is 11.9 Å². The van der Waals surface area contributed by atoms with Crippen LogP contribution in [0.5, 0.6) is 5.75 Å². The fraction of sp³-hybridized carbons (Fsp3) is 0.381. The molecule has 2 aromatic rings. The second-order valence-corrected chi connectivity index (χ2v) is 7.85. The number of aryl methyl sites for hydroxylation is 1. The molecule has 26 heavy (non-hydrogen) atoms. The topological polar surface area (TPSA) is 41.6 Å². The lowest BCUT2D eigenvalue weighted by molar-refractivity contribution is 0.0907. The number of likely N-dealkylation sites (tertiary alicyclic amines) is 1. The fourth-order valence-electron chi connectivity index (χ4n) is 3.40. The van der Waals surface area contributed by atoms with Crippen molar-refractivity contribution in [1.82, 2.24) is 10.2 Å². The molecule has 5 heteroatoms. The van der Waals surface area contributed by atoms with Crippen LogP contribution in [-0.2, 0) is 6.54 Å². The van der Waals surface area contributed by atoms with E-state index >= 15 is 0 Å². The number of carbonyl (C=O) groups is 1. The average Bonchev–Trinajstić information content (AvgIpc) is 2.66. The molecule has 0 atom stereocenters. The molecule has 0 unspecified atom stereocenters. The van der Waals surface area contributed by atoms with Crippen molar-refractivity contribution >= 4 is 28.5 Å². The van der Waals surface area contributed by atoms with E-state index < -0.39 is 0 Å². The van der Waals surface area contributed by atoms with Crippen molar-refractivity contribution in [3.05, 3.63) is 62.7 Å². The molecule has 138 valence electrons. The maximum atomic E-state index is 12.6. The summed E-state index contributed by atoms with van der Waals surface area (Å²) in [6.45, 7) is 4.89. The molecule has 1 aliphatic rings.